The minimum atomic E-state index is -0.572. The van der Waals surface area contributed by atoms with Gasteiger partial charge in [0.1, 0.15) is 11.5 Å². The fraction of sp³-hybridized carbons (Fsp3) is 0.273. The van der Waals surface area contributed by atoms with Crippen molar-refractivity contribution < 1.29 is 19.1 Å². The summed E-state index contributed by atoms with van der Waals surface area (Å²) in [6.07, 6.45) is 2.19. The average Bonchev–Trinajstić information content (AvgIpc) is 2.66. The normalized spacial score (nSPS) is 11.3. The molecule has 1 amide bonds. The zero-order valence-electron chi connectivity index (χ0n) is 17.1. The molecular weight excluding hydrogens is 370 g/mol. The van der Waals surface area contributed by atoms with E-state index < -0.39 is 5.91 Å². The third-order valence-electron chi connectivity index (χ3n) is 4.20. The van der Waals surface area contributed by atoms with Crippen LogP contribution in [-0.2, 0) is 0 Å². The summed E-state index contributed by atoms with van der Waals surface area (Å²) in [7, 11) is 2.96. The highest BCUT2D eigenvalue weighted by Gasteiger charge is 2.14. The number of amides is 1. The fourth-order valence-corrected chi connectivity index (χ4v) is 2.89. The lowest BCUT2D eigenvalue weighted by Crippen LogP contribution is -2.13. The topological polar surface area (TPSA) is 117 Å². The van der Waals surface area contributed by atoms with Gasteiger partial charge in [0.25, 0.3) is 5.91 Å². The Balaban J connectivity index is 2.37. The molecule has 0 heterocycles. The smallest absolute Gasteiger partial charge is 0.252 e. The lowest BCUT2D eigenvalue weighted by Gasteiger charge is -2.15. The van der Waals surface area contributed by atoms with Crippen LogP contribution in [0.2, 0.25) is 0 Å². The molecule has 0 saturated heterocycles. The second-order valence-corrected chi connectivity index (χ2v) is 7.00. The number of nitrogens with two attached hydrogens (primary N) is 2. The van der Waals surface area contributed by atoms with Gasteiger partial charge in [-0.25, -0.2) is 0 Å². The number of anilines is 2. The number of carbonyl (C=O) groups excluding carboxylic acids is 2. The van der Waals surface area contributed by atoms with Gasteiger partial charge in [0, 0.05) is 35.3 Å². The molecule has 0 atom stereocenters. The van der Waals surface area contributed by atoms with Gasteiger partial charge in [-0.1, -0.05) is 13.8 Å². The number of nitrogen functional groups attached to an aromatic ring is 1. The van der Waals surface area contributed by atoms with Crippen molar-refractivity contribution >= 4 is 23.1 Å². The van der Waals surface area contributed by atoms with E-state index in [2.05, 4.69) is 19.2 Å². The van der Waals surface area contributed by atoms with Crippen molar-refractivity contribution in [3.05, 3.63) is 59.3 Å². The van der Waals surface area contributed by atoms with Crippen LogP contribution in [0.3, 0.4) is 0 Å². The minimum absolute atomic E-state index is 0.203. The first-order chi connectivity index (χ1) is 13.7. The van der Waals surface area contributed by atoms with Crippen LogP contribution in [0.25, 0.3) is 0 Å². The third-order valence-corrected chi connectivity index (χ3v) is 4.20. The lowest BCUT2D eigenvalue weighted by molar-refractivity contribution is 0.0996. The highest BCUT2D eigenvalue weighted by atomic mass is 16.5. The summed E-state index contributed by atoms with van der Waals surface area (Å²) in [5.41, 5.74) is 13.8. The summed E-state index contributed by atoms with van der Waals surface area (Å²) >= 11 is 0. The van der Waals surface area contributed by atoms with Gasteiger partial charge in [-0.15, -0.1) is 0 Å². The number of carbonyl (C=O) groups is 2. The van der Waals surface area contributed by atoms with Crippen LogP contribution in [0.1, 0.15) is 41.0 Å². The molecule has 0 aliphatic rings. The molecule has 0 radical (unpaired) electrons. The summed E-state index contributed by atoms with van der Waals surface area (Å²) in [6, 6.07) is 9.89. The Hall–Kier alpha value is -3.48. The molecule has 0 aromatic heterocycles. The quantitative estimate of drug-likeness (QED) is 0.338. The highest BCUT2D eigenvalue weighted by molar-refractivity contribution is 6.07. The molecule has 2 aromatic carbocycles. The van der Waals surface area contributed by atoms with Gasteiger partial charge in [0.05, 0.1) is 25.3 Å². The number of hydrogen-bond acceptors (Lipinski definition) is 6. The lowest BCUT2D eigenvalue weighted by atomic mass is 10.0. The maximum atomic E-state index is 12.9. The van der Waals surface area contributed by atoms with E-state index in [0.29, 0.717) is 40.8 Å². The van der Waals surface area contributed by atoms with Gasteiger partial charge >= 0.3 is 0 Å². The number of nitrogens with one attached hydrogen (secondary N) is 1. The van der Waals surface area contributed by atoms with E-state index in [1.54, 1.807) is 42.5 Å². The Bertz CT molecular complexity index is 936. The zero-order chi connectivity index (χ0) is 21.6. The van der Waals surface area contributed by atoms with Crippen LogP contribution >= 0.6 is 0 Å². The summed E-state index contributed by atoms with van der Waals surface area (Å²) in [5, 5.41) is 3.24. The molecule has 0 spiro atoms. The first kappa shape index (κ1) is 21.8. The largest absolute Gasteiger partial charge is 0.496 e. The van der Waals surface area contributed by atoms with Crippen LogP contribution in [-0.4, -0.2) is 25.9 Å². The highest BCUT2D eigenvalue weighted by Crippen LogP contribution is 2.26. The number of allylic oxidation sites excluding steroid dienone is 2. The number of methoxy groups -OCH3 is 2. The SMILES string of the molecule is COc1cc(N/C(=C\C(=O)c2ccc(N)cc2OC)CC(C)C)ccc1C(N)=O. The number of hydrogen-bond donors (Lipinski definition) is 3. The summed E-state index contributed by atoms with van der Waals surface area (Å²) < 4.78 is 10.5. The monoisotopic (exact) mass is 397 g/mol. The van der Waals surface area contributed by atoms with Crippen LogP contribution in [0.5, 0.6) is 11.5 Å². The van der Waals surface area contributed by atoms with E-state index in [-0.39, 0.29) is 11.3 Å². The maximum absolute atomic E-state index is 12.9. The van der Waals surface area contributed by atoms with E-state index in [1.165, 1.54) is 14.2 Å². The molecule has 154 valence electrons. The molecule has 0 unspecified atom stereocenters. The van der Waals surface area contributed by atoms with E-state index in [0.717, 1.165) is 5.70 Å². The Morgan fingerprint density at radius 3 is 2.24 bits per heavy atom. The predicted molar refractivity (Wildman–Crippen MR) is 114 cm³/mol. The number of ketones is 1. The van der Waals surface area contributed by atoms with Crippen molar-refractivity contribution in [2.75, 3.05) is 25.3 Å². The van der Waals surface area contributed by atoms with Gasteiger partial charge < -0.3 is 26.3 Å². The molecule has 0 fully saturated rings. The molecule has 0 bridgehead atoms. The van der Waals surface area contributed by atoms with Crippen LogP contribution in [0.4, 0.5) is 11.4 Å². The standard InChI is InChI=1S/C22H27N3O4/c1-13(2)9-16(11-19(26)17-7-5-14(23)10-20(17)28-3)25-15-6-8-18(22(24)27)21(12-15)29-4/h5-8,10-13,25H,9,23H2,1-4H3,(H2,24,27)/b16-11-. The second-order valence-electron chi connectivity index (χ2n) is 7.00. The van der Waals surface area contributed by atoms with Gasteiger partial charge in [-0.3, -0.25) is 9.59 Å². The molecular formula is C22H27N3O4. The van der Waals surface area contributed by atoms with E-state index >= 15 is 0 Å². The molecule has 2 rings (SSSR count). The van der Waals surface area contributed by atoms with Crippen molar-refractivity contribution in [2.45, 2.75) is 20.3 Å². The first-order valence-electron chi connectivity index (χ1n) is 9.18. The van der Waals surface area contributed by atoms with Crippen molar-refractivity contribution in [1.29, 1.82) is 0 Å². The van der Waals surface area contributed by atoms with Gasteiger partial charge in [-0.05, 0) is 36.6 Å². The van der Waals surface area contributed by atoms with Crippen LogP contribution in [0, 0.1) is 5.92 Å². The molecule has 29 heavy (non-hydrogen) atoms. The molecule has 7 nitrogen and oxygen atoms in total. The van der Waals surface area contributed by atoms with E-state index in [9.17, 15) is 9.59 Å². The Morgan fingerprint density at radius 1 is 1.03 bits per heavy atom. The molecule has 0 aliphatic heterocycles. The predicted octanol–water partition coefficient (Wildman–Crippen LogP) is 3.61. The van der Waals surface area contributed by atoms with Gasteiger partial charge in [-0.2, -0.15) is 0 Å². The third kappa shape index (κ3) is 5.75. The van der Waals surface area contributed by atoms with Gasteiger partial charge in [0.15, 0.2) is 5.78 Å². The molecule has 0 saturated carbocycles. The molecule has 5 N–H and O–H groups in total. The average molecular weight is 397 g/mol. The number of rotatable bonds is 9. The van der Waals surface area contributed by atoms with Gasteiger partial charge in [0.2, 0.25) is 0 Å². The summed E-state index contributed by atoms with van der Waals surface area (Å²) in [6.45, 7) is 4.11. The van der Waals surface area contributed by atoms with Crippen molar-refractivity contribution in [3.63, 3.8) is 0 Å². The van der Waals surface area contributed by atoms with Crippen LogP contribution < -0.4 is 26.3 Å². The maximum Gasteiger partial charge on any atom is 0.252 e. The van der Waals surface area contributed by atoms with E-state index in [4.69, 9.17) is 20.9 Å². The minimum Gasteiger partial charge on any atom is -0.496 e. The Labute approximate surface area is 170 Å². The van der Waals surface area contributed by atoms with E-state index in [1.807, 2.05) is 0 Å². The Morgan fingerprint density at radius 2 is 1.66 bits per heavy atom. The zero-order valence-corrected chi connectivity index (χ0v) is 17.1. The number of benzene rings is 2. The first-order valence-corrected chi connectivity index (χ1v) is 9.18. The van der Waals surface area contributed by atoms with Crippen LogP contribution in [0.15, 0.2) is 48.2 Å². The fourth-order valence-electron chi connectivity index (χ4n) is 2.89. The molecule has 7 heteroatoms. The molecule has 0 aliphatic carbocycles. The van der Waals surface area contributed by atoms with Crippen molar-refractivity contribution in [2.24, 2.45) is 11.7 Å². The van der Waals surface area contributed by atoms with Crippen molar-refractivity contribution in [3.8, 4) is 11.5 Å². The van der Waals surface area contributed by atoms with Crippen molar-refractivity contribution in [1.82, 2.24) is 0 Å². The number of primary amides is 1. The summed E-state index contributed by atoms with van der Waals surface area (Å²) in [4.78, 5) is 24.4. The number of ether oxygens (including phenoxy) is 2. The Kier molecular flexibility index (Phi) is 7.25. The summed E-state index contributed by atoms with van der Waals surface area (Å²) in [5.74, 6) is 0.310. The second kappa shape index (κ2) is 9.64. The molecule has 2 aromatic rings.